The third-order valence-corrected chi connectivity index (χ3v) is 6.43. The van der Waals surface area contributed by atoms with E-state index in [0.717, 1.165) is 38.8 Å². The molecule has 5 heteroatoms. The summed E-state index contributed by atoms with van der Waals surface area (Å²) in [4.78, 5) is 6.35. The van der Waals surface area contributed by atoms with Crippen molar-refractivity contribution in [2.75, 3.05) is 32.8 Å². The fourth-order valence-corrected chi connectivity index (χ4v) is 4.71. The van der Waals surface area contributed by atoms with E-state index < -0.39 is 0 Å². The first kappa shape index (κ1) is 17.7. The maximum absolute atomic E-state index is 5.34. The van der Waals surface area contributed by atoms with Crippen molar-refractivity contribution in [2.45, 2.75) is 51.4 Å². The number of ether oxygens (including phenoxy) is 1. The van der Waals surface area contributed by atoms with Crippen LogP contribution in [0.4, 0.5) is 0 Å². The van der Waals surface area contributed by atoms with Gasteiger partial charge in [0, 0.05) is 28.8 Å². The van der Waals surface area contributed by atoms with E-state index in [4.69, 9.17) is 9.73 Å². The Hall–Kier alpha value is -1.07. The zero-order valence-corrected chi connectivity index (χ0v) is 15.9. The summed E-state index contributed by atoms with van der Waals surface area (Å²) in [5, 5.41) is 9.26. The summed E-state index contributed by atoms with van der Waals surface area (Å²) >= 11 is 1.91. The van der Waals surface area contributed by atoms with Crippen molar-refractivity contribution in [2.24, 2.45) is 10.4 Å². The molecule has 4 nitrogen and oxygen atoms in total. The van der Waals surface area contributed by atoms with Gasteiger partial charge in [0.15, 0.2) is 5.96 Å². The van der Waals surface area contributed by atoms with Gasteiger partial charge < -0.3 is 15.4 Å². The summed E-state index contributed by atoms with van der Waals surface area (Å²) in [7, 11) is 0. The van der Waals surface area contributed by atoms with Crippen LogP contribution in [-0.4, -0.2) is 38.8 Å². The molecule has 1 saturated heterocycles. The molecule has 134 valence electrons. The molecule has 1 aromatic heterocycles. The van der Waals surface area contributed by atoms with Gasteiger partial charge in [-0.25, -0.2) is 0 Å². The smallest absolute Gasteiger partial charge is 0.191 e. The minimum absolute atomic E-state index is 0.221. The van der Waals surface area contributed by atoms with Crippen LogP contribution in [0.25, 0.3) is 0 Å². The number of thiophene rings is 1. The molecule has 1 saturated carbocycles. The number of rotatable bonds is 6. The quantitative estimate of drug-likeness (QED) is 0.610. The normalized spacial score (nSPS) is 22.7. The minimum Gasteiger partial charge on any atom is -0.380 e. The van der Waals surface area contributed by atoms with Crippen molar-refractivity contribution in [3.8, 4) is 0 Å². The van der Waals surface area contributed by atoms with E-state index in [0.29, 0.717) is 0 Å². The molecule has 0 aromatic carbocycles. The number of hydrogen-bond donors (Lipinski definition) is 2. The molecule has 1 aromatic rings. The summed E-state index contributed by atoms with van der Waals surface area (Å²) in [6, 6.07) is 4.50. The van der Waals surface area contributed by atoms with Crippen LogP contribution in [0.3, 0.4) is 0 Å². The molecule has 1 aliphatic carbocycles. The summed E-state index contributed by atoms with van der Waals surface area (Å²) in [5.74, 6) is 0.951. The average molecular weight is 350 g/mol. The predicted molar refractivity (Wildman–Crippen MR) is 102 cm³/mol. The maximum Gasteiger partial charge on any atom is 0.191 e. The van der Waals surface area contributed by atoms with Gasteiger partial charge in [0.1, 0.15) is 0 Å². The van der Waals surface area contributed by atoms with Crippen LogP contribution in [0.2, 0.25) is 0 Å². The highest BCUT2D eigenvalue weighted by atomic mass is 32.1. The molecular formula is C19H31N3OS. The largest absolute Gasteiger partial charge is 0.380 e. The molecular weight excluding hydrogens is 318 g/mol. The van der Waals surface area contributed by atoms with Crippen LogP contribution in [0.5, 0.6) is 0 Å². The summed E-state index contributed by atoms with van der Waals surface area (Å²) in [6.07, 6.45) is 6.61. The van der Waals surface area contributed by atoms with Gasteiger partial charge in [-0.2, -0.15) is 0 Å². The second-order valence-corrected chi connectivity index (χ2v) is 8.62. The summed E-state index contributed by atoms with van der Waals surface area (Å²) < 4.78 is 5.34. The van der Waals surface area contributed by atoms with Gasteiger partial charge in [0.2, 0.25) is 0 Å². The summed E-state index contributed by atoms with van der Waals surface area (Å²) in [6.45, 7) is 8.73. The molecule has 2 N–H and O–H groups in total. The SMILES string of the molecule is CCNC(=NCC1(C)COC1)NCC1(c2cccs2)CCCCC1. The van der Waals surface area contributed by atoms with E-state index >= 15 is 0 Å². The Bertz CT molecular complexity index is 531. The molecule has 0 atom stereocenters. The van der Waals surface area contributed by atoms with Crippen LogP contribution in [-0.2, 0) is 10.2 Å². The third kappa shape index (κ3) is 4.12. The van der Waals surface area contributed by atoms with E-state index in [1.54, 1.807) is 0 Å². The first-order valence-electron chi connectivity index (χ1n) is 9.30. The number of nitrogens with one attached hydrogen (secondary N) is 2. The Morgan fingerprint density at radius 3 is 2.62 bits per heavy atom. The molecule has 2 heterocycles. The van der Waals surface area contributed by atoms with Crippen molar-refractivity contribution in [1.82, 2.24) is 10.6 Å². The van der Waals surface area contributed by atoms with Gasteiger partial charge >= 0.3 is 0 Å². The number of aliphatic imine (C=N–C) groups is 1. The fraction of sp³-hybridized carbons (Fsp3) is 0.737. The van der Waals surface area contributed by atoms with Crippen LogP contribution < -0.4 is 10.6 Å². The fourth-order valence-electron chi connectivity index (χ4n) is 3.73. The van der Waals surface area contributed by atoms with Gasteiger partial charge in [-0.15, -0.1) is 11.3 Å². The second kappa shape index (κ2) is 7.87. The molecule has 0 unspecified atom stereocenters. The lowest BCUT2D eigenvalue weighted by Crippen LogP contribution is -2.48. The molecule has 0 amide bonds. The van der Waals surface area contributed by atoms with Crippen LogP contribution in [0.1, 0.15) is 50.8 Å². The standard InChI is InChI=1S/C19H31N3OS/c1-3-20-17(21-12-18(2)14-23-15-18)22-13-19(9-5-4-6-10-19)16-8-7-11-24-16/h7-8,11H,3-6,9-10,12-15H2,1-2H3,(H2,20,21,22). The van der Waals surface area contributed by atoms with E-state index in [9.17, 15) is 0 Å². The lowest BCUT2D eigenvalue weighted by atomic mass is 9.73. The Morgan fingerprint density at radius 1 is 1.25 bits per heavy atom. The van der Waals surface area contributed by atoms with Crippen molar-refractivity contribution in [3.63, 3.8) is 0 Å². The number of guanidine groups is 1. The van der Waals surface area contributed by atoms with Crippen LogP contribution in [0, 0.1) is 5.41 Å². The molecule has 0 radical (unpaired) electrons. The highest BCUT2D eigenvalue weighted by molar-refractivity contribution is 7.10. The topological polar surface area (TPSA) is 45.7 Å². The number of nitrogens with zero attached hydrogens (tertiary/aromatic N) is 1. The van der Waals surface area contributed by atoms with E-state index in [1.165, 1.54) is 37.0 Å². The second-order valence-electron chi connectivity index (χ2n) is 7.67. The Labute approximate surface area is 150 Å². The monoisotopic (exact) mass is 349 g/mol. The Balaban J connectivity index is 1.65. The van der Waals surface area contributed by atoms with Gasteiger partial charge in [-0.05, 0) is 31.2 Å². The van der Waals surface area contributed by atoms with Crippen molar-refractivity contribution < 1.29 is 4.74 Å². The van der Waals surface area contributed by atoms with Gasteiger partial charge in [-0.1, -0.05) is 32.3 Å². The van der Waals surface area contributed by atoms with Crippen LogP contribution >= 0.6 is 11.3 Å². The lowest BCUT2D eigenvalue weighted by Gasteiger charge is -2.38. The van der Waals surface area contributed by atoms with E-state index in [1.807, 2.05) is 11.3 Å². The molecule has 0 spiro atoms. The summed E-state index contributed by atoms with van der Waals surface area (Å²) in [5.41, 5.74) is 0.505. The third-order valence-electron chi connectivity index (χ3n) is 5.31. The van der Waals surface area contributed by atoms with E-state index in [2.05, 4.69) is 42.0 Å². The first-order chi connectivity index (χ1) is 11.7. The van der Waals surface area contributed by atoms with Crippen molar-refractivity contribution in [3.05, 3.63) is 22.4 Å². The highest BCUT2D eigenvalue weighted by Gasteiger charge is 2.35. The zero-order valence-electron chi connectivity index (χ0n) is 15.1. The minimum atomic E-state index is 0.221. The molecule has 2 aliphatic rings. The maximum atomic E-state index is 5.34. The Kier molecular flexibility index (Phi) is 5.82. The van der Waals surface area contributed by atoms with Gasteiger partial charge in [0.25, 0.3) is 0 Å². The Morgan fingerprint density at radius 2 is 2.04 bits per heavy atom. The molecule has 0 bridgehead atoms. The molecule has 24 heavy (non-hydrogen) atoms. The molecule has 1 aliphatic heterocycles. The number of hydrogen-bond acceptors (Lipinski definition) is 3. The van der Waals surface area contributed by atoms with Gasteiger partial charge in [0.05, 0.1) is 19.8 Å². The van der Waals surface area contributed by atoms with Crippen molar-refractivity contribution >= 4 is 17.3 Å². The molecule has 2 fully saturated rings. The molecule has 3 rings (SSSR count). The van der Waals surface area contributed by atoms with Crippen molar-refractivity contribution in [1.29, 1.82) is 0 Å². The lowest BCUT2D eigenvalue weighted by molar-refractivity contribution is -0.0945. The zero-order chi connectivity index (χ0) is 16.9. The highest BCUT2D eigenvalue weighted by Crippen LogP contribution is 2.41. The van der Waals surface area contributed by atoms with Crippen LogP contribution in [0.15, 0.2) is 22.5 Å². The van der Waals surface area contributed by atoms with Gasteiger partial charge in [-0.3, -0.25) is 4.99 Å². The van der Waals surface area contributed by atoms with E-state index in [-0.39, 0.29) is 10.8 Å². The average Bonchev–Trinajstić information content (AvgIpc) is 3.12. The predicted octanol–water partition coefficient (Wildman–Crippen LogP) is 3.54. The first-order valence-corrected chi connectivity index (χ1v) is 10.2.